The first kappa shape index (κ1) is 14.4. The molecule has 1 atom stereocenters. The largest absolute Gasteiger partial charge is 0.496 e. The summed E-state index contributed by atoms with van der Waals surface area (Å²) in [6.45, 7) is 0. The molecule has 0 aromatic heterocycles. The van der Waals surface area contributed by atoms with Crippen molar-refractivity contribution in [1.82, 2.24) is 0 Å². The fraction of sp³-hybridized carbons (Fsp3) is 0.200. The summed E-state index contributed by atoms with van der Waals surface area (Å²) in [5.41, 5.74) is 1.45. The maximum absolute atomic E-state index is 14.0. The van der Waals surface area contributed by atoms with Crippen LogP contribution in [0.1, 0.15) is 16.5 Å². The highest BCUT2D eigenvalue weighted by Crippen LogP contribution is 2.32. The van der Waals surface area contributed by atoms with Gasteiger partial charge < -0.3 is 4.74 Å². The molecule has 0 N–H and O–H groups in total. The highest BCUT2D eigenvalue weighted by molar-refractivity contribution is 9.10. The Hall–Kier alpha value is -1.06. The minimum absolute atomic E-state index is 0.308. The van der Waals surface area contributed by atoms with Gasteiger partial charge in [0.05, 0.1) is 17.0 Å². The van der Waals surface area contributed by atoms with Crippen molar-refractivity contribution in [3.63, 3.8) is 0 Å². The monoisotopic (exact) mass is 342 g/mol. The maximum atomic E-state index is 14.0. The lowest BCUT2D eigenvalue weighted by atomic mass is 10.0. The second-order valence-electron chi connectivity index (χ2n) is 4.13. The summed E-state index contributed by atoms with van der Waals surface area (Å²) >= 11 is 9.50. The van der Waals surface area contributed by atoms with E-state index in [1.165, 1.54) is 0 Å². The maximum Gasteiger partial charge on any atom is 0.142 e. The van der Waals surface area contributed by atoms with Gasteiger partial charge in [-0.2, -0.15) is 0 Å². The molecule has 0 saturated carbocycles. The minimum Gasteiger partial charge on any atom is -0.496 e. The van der Waals surface area contributed by atoms with Crippen molar-refractivity contribution in [2.75, 3.05) is 7.11 Å². The van der Waals surface area contributed by atoms with E-state index in [1.807, 2.05) is 24.3 Å². The lowest BCUT2D eigenvalue weighted by Gasteiger charge is -2.14. The summed E-state index contributed by atoms with van der Waals surface area (Å²) in [6.07, 6.45) is 0.513. The molecule has 19 heavy (non-hydrogen) atoms. The average molecular weight is 344 g/mol. The zero-order valence-corrected chi connectivity index (χ0v) is 12.7. The number of halogens is 3. The lowest BCUT2D eigenvalue weighted by Crippen LogP contribution is -2.01. The molecule has 2 rings (SSSR count). The fourth-order valence-electron chi connectivity index (χ4n) is 1.94. The number of ether oxygens (including phenoxy) is 1. The summed E-state index contributed by atoms with van der Waals surface area (Å²) in [4.78, 5) is 0. The van der Waals surface area contributed by atoms with E-state index in [1.54, 1.807) is 25.3 Å². The molecule has 0 radical (unpaired) electrons. The zero-order valence-electron chi connectivity index (χ0n) is 10.4. The molecule has 2 aromatic carbocycles. The van der Waals surface area contributed by atoms with Crippen molar-refractivity contribution in [2.45, 2.75) is 11.8 Å². The van der Waals surface area contributed by atoms with Crippen LogP contribution in [0.4, 0.5) is 4.39 Å². The average Bonchev–Trinajstić information content (AvgIpc) is 2.42. The molecule has 100 valence electrons. The van der Waals surface area contributed by atoms with Crippen LogP contribution in [0.2, 0.25) is 0 Å². The number of hydrogen-bond donors (Lipinski definition) is 0. The molecule has 0 aliphatic carbocycles. The highest BCUT2D eigenvalue weighted by Gasteiger charge is 2.17. The van der Waals surface area contributed by atoms with Crippen molar-refractivity contribution in [1.29, 1.82) is 0 Å². The van der Waals surface area contributed by atoms with Crippen LogP contribution in [-0.4, -0.2) is 7.11 Å². The van der Waals surface area contributed by atoms with E-state index >= 15 is 0 Å². The Bertz CT molecular complexity index is 574. The van der Waals surface area contributed by atoms with E-state index in [0.717, 1.165) is 11.3 Å². The van der Waals surface area contributed by atoms with Crippen LogP contribution in [0, 0.1) is 5.82 Å². The van der Waals surface area contributed by atoms with Crippen molar-refractivity contribution in [3.05, 3.63) is 63.9 Å². The molecule has 0 aliphatic heterocycles. The van der Waals surface area contributed by atoms with E-state index in [9.17, 15) is 4.39 Å². The topological polar surface area (TPSA) is 9.23 Å². The Kier molecular flexibility index (Phi) is 4.83. The second-order valence-corrected chi connectivity index (χ2v) is 5.51. The Morgan fingerprint density at radius 3 is 2.68 bits per heavy atom. The third kappa shape index (κ3) is 3.28. The van der Waals surface area contributed by atoms with Crippen molar-refractivity contribution >= 4 is 27.5 Å². The Labute approximate surface area is 125 Å². The van der Waals surface area contributed by atoms with Gasteiger partial charge in [0, 0.05) is 5.56 Å². The van der Waals surface area contributed by atoms with E-state index in [-0.39, 0.29) is 5.82 Å². The third-order valence-electron chi connectivity index (χ3n) is 2.91. The van der Waals surface area contributed by atoms with Crippen molar-refractivity contribution < 1.29 is 9.13 Å². The molecule has 0 fully saturated rings. The molecule has 0 spiro atoms. The minimum atomic E-state index is -0.436. The van der Waals surface area contributed by atoms with Gasteiger partial charge in [0.1, 0.15) is 11.6 Å². The number of rotatable bonds is 4. The number of hydrogen-bond acceptors (Lipinski definition) is 1. The summed E-state index contributed by atoms with van der Waals surface area (Å²) in [7, 11) is 1.61. The number of benzene rings is 2. The Morgan fingerprint density at radius 2 is 1.95 bits per heavy atom. The van der Waals surface area contributed by atoms with Gasteiger partial charge in [-0.15, -0.1) is 11.6 Å². The molecule has 1 unspecified atom stereocenters. The number of alkyl halides is 1. The van der Waals surface area contributed by atoms with E-state index in [2.05, 4.69) is 15.9 Å². The van der Waals surface area contributed by atoms with Crippen LogP contribution in [0.3, 0.4) is 0 Å². The van der Waals surface area contributed by atoms with Crippen molar-refractivity contribution in [2.24, 2.45) is 0 Å². The van der Waals surface area contributed by atoms with E-state index in [0.29, 0.717) is 16.5 Å². The molecule has 0 aliphatic rings. The van der Waals surface area contributed by atoms with Gasteiger partial charge in [0.25, 0.3) is 0 Å². The summed E-state index contributed by atoms with van der Waals surface area (Å²) in [5.74, 6) is 0.459. The summed E-state index contributed by atoms with van der Waals surface area (Å²) in [5, 5.41) is -0.436. The van der Waals surface area contributed by atoms with Gasteiger partial charge in [-0.1, -0.05) is 30.3 Å². The SMILES string of the molecule is COc1ccccc1CC(Cl)c1cccc(Br)c1F. The quantitative estimate of drug-likeness (QED) is 0.700. The smallest absolute Gasteiger partial charge is 0.142 e. The van der Waals surface area contributed by atoms with Crippen molar-refractivity contribution in [3.8, 4) is 5.75 Å². The molecule has 0 saturated heterocycles. The Balaban J connectivity index is 2.26. The first-order valence-corrected chi connectivity index (χ1v) is 7.06. The summed E-state index contributed by atoms with van der Waals surface area (Å²) in [6, 6.07) is 12.8. The molecular weight excluding hydrogens is 331 g/mol. The van der Waals surface area contributed by atoms with Crippen LogP contribution in [0.5, 0.6) is 5.75 Å². The third-order valence-corrected chi connectivity index (χ3v) is 3.91. The van der Waals surface area contributed by atoms with Gasteiger partial charge in [-0.25, -0.2) is 4.39 Å². The van der Waals surface area contributed by atoms with Gasteiger partial charge in [0.15, 0.2) is 0 Å². The first-order chi connectivity index (χ1) is 9.13. The van der Waals surface area contributed by atoms with Gasteiger partial charge in [0.2, 0.25) is 0 Å². The second kappa shape index (κ2) is 6.40. The van der Waals surface area contributed by atoms with Crippen LogP contribution in [0.25, 0.3) is 0 Å². The molecule has 0 amide bonds. The highest BCUT2D eigenvalue weighted by atomic mass is 79.9. The van der Waals surface area contributed by atoms with Crippen LogP contribution in [-0.2, 0) is 6.42 Å². The van der Waals surface area contributed by atoms with Crippen LogP contribution < -0.4 is 4.74 Å². The first-order valence-electron chi connectivity index (χ1n) is 5.83. The molecule has 0 bridgehead atoms. The fourth-order valence-corrected chi connectivity index (χ4v) is 2.65. The molecular formula is C15H13BrClFO. The predicted molar refractivity (Wildman–Crippen MR) is 79.4 cm³/mol. The Morgan fingerprint density at radius 1 is 1.21 bits per heavy atom. The number of para-hydroxylation sites is 1. The normalized spacial score (nSPS) is 12.2. The zero-order chi connectivity index (χ0) is 13.8. The van der Waals surface area contributed by atoms with Gasteiger partial charge in [-0.3, -0.25) is 0 Å². The lowest BCUT2D eigenvalue weighted by molar-refractivity contribution is 0.409. The molecule has 0 heterocycles. The van der Waals surface area contributed by atoms with Crippen LogP contribution in [0.15, 0.2) is 46.9 Å². The molecule has 1 nitrogen and oxygen atoms in total. The van der Waals surface area contributed by atoms with Crippen LogP contribution >= 0.6 is 27.5 Å². The van der Waals surface area contributed by atoms with E-state index in [4.69, 9.17) is 16.3 Å². The van der Waals surface area contributed by atoms with E-state index < -0.39 is 5.38 Å². The standard InChI is InChI=1S/C15H13BrClFO/c1-19-14-8-3-2-5-10(14)9-13(17)11-6-4-7-12(16)15(11)18/h2-8,13H,9H2,1H3. The summed E-state index contributed by atoms with van der Waals surface area (Å²) < 4.78 is 19.7. The molecule has 4 heteroatoms. The van der Waals surface area contributed by atoms with Gasteiger partial charge in [-0.05, 0) is 40.0 Å². The number of methoxy groups -OCH3 is 1. The van der Waals surface area contributed by atoms with Gasteiger partial charge >= 0.3 is 0 Å². The predicted octanol–water partition coefficient (Wildman–Crippen LogP) is 5.12. The molecule has 2 aromatic rings.